The molecule has 31 heavy (non-hydrogen) atoms. The number of amides is 3. The molecule has 0 bridgehead atoms. The van der Waals surface area contributed by atoms with Crippen LogP contribution in [0.4, 0.5) is 16.3 Å². The fourth-order valence-corrected chi connectivity index (χ4v) is 3.78. The smallest absolute Gasteiger partial charge is 0.314 e. The zero-order chi connectivity index (χ0) is 22.0. The van der Waals surface area contributed by atoms with Crippen molar-refractivity contribution in [1.82, 2.24) is 14.9 Å². The molecule has 1 saturated heterocycles. The molecule has 2 aromatic heterocycles. The zero-order valence-electron chi connectivity index (χ0n) is 17.3. The van der Waals surface area contributed by atoms with Gasteiger partial charge in [0.15, 0.2) is 0 Å². The molecule has 3 aromatic rings. The standard InChI is InChI=1S/C23H24N6O2/c1-14-2-5-26-12-18(14)16-9-17-11-21(27-13-19(17)20(24)10-16)28-22(30)8-15-3-6-29(7-4-15)23(25)31/h2,5,8-13H,3-4,6-7,24H2,1H3,(H2,25,31)(H,27,28,30). The molecule has 1 aliphatic rings. The van der Waals surface area contributed by atoms with Crippen molar-refractivity contribution in [2.24, 2.45) is 5.73 Å². The first-order valence-electron chi connectivity index (χ1n) is 10.1. The fraction of sp³-hybridized carbons (Fsp3) is 0.217. The van der Waals surface area contributed by atoms with Crippen molar-refractivity contribution in [1.29, 1.82) is 0 Å². The predicted molar refractivity (Wildman–Crippen MR) is 121 cm³/mol. The van der Waals surface area contributed by atoms with E-state index in [1.807, 2.05) is 37.4 Å². The summed E-state index contributed by atoms with van der Waals surface area (Å²) in [4.78, 5) is 33.8. The Morgan fingerprint density at radius 3 is 2.65 bits per heavy atom. The summed E-state index contributed by atoms with van der Waals surface area (Å²) < 4.78 is 0. The number of nitrogens with two attached hydrogens (primary N) is 2. The molecule has 1 aliphatic heterocycles. The van der Waals surface area contributed by atoms with Crippen LogP contribution in [0.25, 0.3) is 21.9 Å². The van der Waals surface area contributed by atoms with E-state index >= 15 is 0 Å². The molecule has 1 aromatic carbocycles. The average molecular weight is 416 g/mol. The van der Waals surface area contributed by atoms with Gasteiger partial charge in [-0.1, -0.05) is 5.57 Å². The summed E-state index contributed by atoms with van der Waals surface area (Å²) >= 11 is 0. The van der Waals surface area contributed by atoms with Gasteiger partial charge in [0.2, 0.25) is 5.91 Å². The molecule has 5 N–H and O–H groups in total. The predicted octanol–water partition coefficient (Wildman–Crippen LogP) is 3.23. The minimum Gasteiger partial charge on any atom is -0.398 e. The van der Waals surface area contributed by atoms with Gasteiger partial charge in [-0.25, -0.2) is 9.78 Å². The van der Waals surface area contributed by atoms with E-state index in [1.165, 1.54) is 0 Å². The van der Waals surface area contributed by atoms with Gasteiger partial charge in [0.1, 0.15) is 5.82 Å². The number of nitrogens with one attached hydrogen (secondary N) is 1. The lowest BCUT2D eigenvalue weighted by Gasteiger charge is -2.26. The van der Waals surface area contributed by atoms with Crippen molar-refractivity contribution in [2.45, 2.75) is 19.8 Å². The molecule has 158 valence electrons. The van der Waals surface area contributed by atoms with Crippen molar-refractivity contribution in [3.8, 4) is 11.1 Å². The number of carbonyl (C=O) groups excluding carboxylic acids is 2. The summed E-state index contributed by atoms with van der Waals surface area (Å²) in [5, 5.41) is 4.52. The maximum absolute atomic E-state index is 12.5. The third kappa shape index (κ3) is 4.48. The highest BCUT2D eigenvalue weighted by Gasteiger charge is 2.17. The van der Waals surface area contributed by atoms with Crippen LogP contribution in [0.2, 0.25) is 0 Å². The van der Waals surface area contributed by atoms with Gasteiger partial charge >= 0.3 is 6.03 Å². The number of anilines is 2. The summed E-state index contributed by atoms with van der Waals surface area (Å²) in [7, 11) is 0. The van der Waals surface area contributed by atoms with Gasteiger partial charge in [-0.2, -0.15) is 0 Å². The summed E-state index contributed by atoms with van der Waals surface area (Å²) in [6, 6.07) is 7.27. The molecule has 8 heteroatoms. The number of carbonyl (C=O) groups is 2. The maximum atomic E-state index is 12.5. The second kappa shape index (κ2) is 8.43. The summed E-state index contributed by atoms with van der Waals surface area (Å²) in [6.07, 6.45) is 8.08. The van der Waals surface area contributed by atoms with Gasteiger partial charge in [0.05, 0.1) is 0 Å². The summed E-state index contributed by atoms with van der Waals surface area (Å²) in [6.45, 7) is 3.08. The molecule has 0 saturated carbocycles. The molecular formula is C23H24N6O2. The Morgan fingerprint density at radius 1 is 1.16 bits per heavy atom. The highest BCUT2D eigenvalue weighted by Crippen LogP contribution is 2.31. The van der Waals surface area contributed by atoms with Crippen molar-refractivity contribution >= 4 is 34.2 Å². The Balaban J connectivity index is 1.55. The van der Waals surface area contributed by atoms with Crippen molar-refractivity contribution in [2.75, 3.05) is 24.1 Å². The second-order valence-corrected chi connectivity index (χ2v) is 7.66. The number of hydrogen-bond acceptors (Lipinski definition) is 5. The number of rotatable bonds is 3. The van der Waals surface area contributed by atoms with E-state index in [1.54, 1.807) is 23.4 Å². The Hall–Kier alpha value is -3.94. The van der Waals surface area contributed by atoms with E-state index in [0.717, 1.165) is 33.0 Å². The lowest BCUT2D eigenvalue weighted by molar-refractivity contribution is -0.112. The Morgan fingerprint density at radius 2 is 1.94 bits per heavy atom. The average Bonchev–Trinajstić information content (AvgIpc) is 2.74. The first kappa shape index (κ1) is 20.3. The molecule has 0 radical (unpaired) electrons. The SMILES string of the molecule is Cc1ccncc1-c1cc(N)c2cnc(NC(=O)C=C3CCN(C(N)=O)CC3)cc2c1. The number of primary amides is 1. The number of nitrogens with zero attached hydrogens (tertiary/aromatic N) is 3. The van der Waals surface area contributed by atoms with Crippen LogP contribution in [0.1, 0.15) is 18.4 Å². The molecule has 3 heterocycles. The van der Waals surface area contributed by atoms with Gasteiger partial charge in [-0.3, -0.25) is 9.78 Å². The number of fused-ring (bicyclic) bond motifs is 1. The molecule has 4 rings (SSSR count). The highest BCUT2D eigenvalue weighted by molar-refractivity contribution is 6.02. The number of urea groups is 1. The third-order valence-corrected chi connectivity index (χ3v) is 5.52. The quantitative estimate of drug-likeness (QED) is 0.446. The van der Waals surface area contributed by atoms with Crippen LogP contribution in [0.3, 0.4) is 0 Å². The van der Waals surface area contributed by atoms with Gasteiger partial charge in [0, 0.05) is 54.4 Å². The fourth-order valence-electron chi connectivity index (χ4n) is 3.78. The number of nitrogen functional groups attached to an aromatic ring is 1. The third-order valence-electron chi connectivity index (χ3n) is 5.52. The topological polar surface area (TPSA) is 127 Å². The minimum absolute atomic E-state index is 0.249. The van der Waals surface area contributed by atoms with Crippen LogP contribution in [0.15, 0.2) is 54.5 Å². The lowest BCUT2D eigenvalue weighted by atomic mass is 9.99. The number of pyridine rings is 2. The van der Waals surface area contributed by atoms with E-state index in [4.69, 9.17) is 11.5 Å². The minimum atomic E-state index is -0.427. The van der Waals surface area contributed by atoms with Crippen molar-refractivity contribution < 1.29 is 9.59 Å². The van der Waals surface area contributed by atoms with Crippen LogP contribution in [0, 0.1) is 6.92 Å². The van der Waals surface area contributed by atoms with E-state index in [9.17, 15) is 9.59 Å². The van der Waals surface area contributed by atoms with E-state index in [0.29, 0.717) is 37.4 Å². The first-order chi connectivity index (χ1) is 14.9. The molecule has 0 aliphatic carbocycles. The summed E-state index contributed by atoms with van der Waals surface area (Å²) in [5.74, 6) is 0.199. The largest absolute Gasteiger partial charge is 0.398 e. The van der Waals surface area contributed by atoms with E-state index < -0.39 is 6.03 Å². The number of hydrogen-bond donors (Lipinski definition) is 3. The van der Waals surface area contributed by atoms with Crippen molar-refractivity contribution in [3.05, 3.63) is 60.1 Å². The second-order valence-electron chi connectivity index (χ2n) is 7.66. The maximum Gasteiger partial charge on any atom is 0.314 e. The van der Waals surface area contributed by atoms with Crippen LogP contribution >= 0.6 is 0 Å². The number of piperidine rings is 1. The van der Waals surface area contributed by atoms with E-state index in [2.05, 4.69) is 15.3 Å². The van der Waals surface area contributed by atoms with Crippen LogP contribution < -0.4 is 16.8 Å². The normalized spacial score (nSPS) is 13.8. The number of benzene rings is 1. The van der Waals surface area contributed by atoms with Crippen molar-refractivity contribution in [3.63, 3.8) is 0 Å². The molecule has 0 spiro atoms. The number of aryl methyl sites for hydroxylation is 1. The molecule has 0 atom stereocenters. The van der Waals surface area contributed by atoms with Gasteiger partial charge in [-0.15, -0.1) is 0 Å². The van der Waals surface area contributed by atoms with E-state index in [-0.39, 0.29) is 5.91 Å². The number of aromatic nitrogens is 2. The van der Waals surface area contributed by atoms with Gasteiger partial charge in [0.25, 0.3) is 0 Å². The molecular weight excluding hydrogens is 392 g/mol. The zero-order valence-corrected chi connectivity index (χ0v) is 17.3. The number of likely N-dealkylation sites (tertiary alicyclic amines) is 1. The summed E-state index contributed by atoms with van der Waals surface area (Å²) in [5.41, 5.74) is 16.2. The molecule has 3 amide bonds. The first-order valence-corrected chi connectivity index (χ1v) is 10.1. The monoisotopic (exact) mass is 416 g/mol. The Labute approximate surface area is 180 Å². The molecule has 8 nitrogen and oxygen atoms in total. The molecule has 0 unspecified atom stereocenters. The van der Waals surface area contributed by atoms with Gasteiger partial charge < -0.3 is 21.7 Å². The van der Waals surface area contributed by atoms with Crippen LogP contribution in [0.5, 0.6) is 0 Å². The Kier molecular flexibility index (Phi) is 5.53. The van der Waals surface area contributed by atoms with Crippen LogP contribution in [-0.2, 0) is 4.79 Å². The van der Waals surface area contributed by atoms with Crippen LogP contribution in [-0.4, -0.2) is 39.9 Å². The molecule has 1 fully saturated rings. The Bertz CT molecular complexity index is 1190. The van der Waals surface area contributed by atoms with Gasteiger partial charge in [-0.05, 0) is 60.5 Å². The highest BCUT2D eigenvalue weighted by atomic mass is 16.2. The lowest BCUT2D eigenvalue weighted by Crippen LogP contribution is -2.40.